The van der Waals surface area contributed by atoms with E-state index in [0.717, 1.165) is 6.07 Å². The summed E-state index contributed by atoms with van der Waals surface area (Å²) in [7, 11) is 0. The maximum atomic E-state index is 11.9. The lowest BCUT2D eigenvalue weighted by molar-refractivity contribution is -0.275. The smallest absolute Gasteiger partial charge is 0.506 e. The number of hydrogen-bond acceptors (Lipinski definition) is 4. The van der Waals surface area contributed by atoms with E-state index in [4.69, 9.17) is 10.2 Å². The molecule has 7 heteroatoms. The number of rotatable bonds is 2. The Kier molecular flexibility index (Phi) is 3.04. The van der Waals surface area contributed by atoms with Gasteiger partial charge >= 0.3 is 6.36 Å². The van der Waals surface area contributed by atoms with Gasteiger partial charge in [0.2, 0.25) is 0 Å². The topological polar surface area (TPSA) is 62.6 Å². The highest BCUT2D eigenvalue weighted by molar-refractivity contribution is 5.38. The number of aliphatic hydroxyl groups excluding tert-OH is 1. The normalized spacial score (nSPS) is 11.5. The summed E-state index contributed by atoms with van der Waals surface area (Å²) >= 11 is 0. The first kappa shape index (κ1) is 11.6. The molecular formula is C8H8F3NO3. The minimum Gasteiger partial charge on any atom is -0.506 e. The number of aryl methyl sites for hydroxylation is 1. The lowest BCUT2D eigenvalue weighted by atomic mass is 10.2. The van der Waals surface area contributed by atoms with Crippen LogP contribution in [0.5, 0.6) is 11.5 Å². The fraction of sp³-hybridized carbons (Fsp3) is 0.375. The van der Waals surface area contributed by atoms with Gasteiger partial charge in [0, 0.05) is 6.07 Å². The summed E-state index contributed by atoms with van der Waals surface area (Å²) in [6.45, 7) is 0.693. The van der Waals surface area contributed by atoms with Crippen LogP contribution in [0.3, 0.4) is 0 Å². The lowest BCUT2D eigenvalue weighted by Gasteiger charge is -2.12. The first-order valence-corrected chi connectivity index (χ1v) is 3.89. The predicted octanol–water partition coefficient (Wildman–Crippen LogP) is 1.49. The van der Waals surface area contributed by atoms with Crippen LogP contribution in [-0.2, 0) is 6.61 Å². The van der Waals surface area contributed by atoms with E-state index in [-0.39, 0.29) is 11.4 Å². The second-order valence-electron chi connectivity index (χ2n) is 2.74. The molecule has 0 saturated carbocycles. The van der Waals surface area contributed by atoms with Crippen LogP contribution >= 0.6 is 0 Å². The number of halogens is 3. The summed E-state index contributed by atoms with van der Waals surface area (Å²) < 4.78 is 39.2. The van der Waals surface area contributed by atoms with E-state index in [0.29, 0.717) is 0 Å². The Morgan fingerprint density at radius 2 is 2.07 bits per heavy atom. The van der Waals surface area contributed by atoms with Crippen molar-refractivity contribution < 1.29 is 28.1 Å². The van der Waals surface area contributed by atoms with Gasteiger partial charge in [-0.3, -0.25) is 0 Å². The number of hydrogen-bond donors (Lipinski definition) is 2. The third-order valence-corrected chi connectivity index (χ3v) is 1.60. The molecule has 2 N–H and O–H groups in total. The number of pyridine rings is 1. The second-order valence-corrected chi connectivity index (χ2v) is 2.74. The Hall–Kier alpha value is -1.50. The number of aromatic nitrogens is 1. The Morgan fingerprint density at radius 1 is 1.47 bits per heavy atom. The van der Waals surface area contributed by atoms with Gasteiger partial charge in [0.25, 0.3) is 0 Å². The Bertz CT molecular complexity index is 365. The number of aliphatic hydroxyl groups is 1. The highest BCUT2D eigenvalue weighted by Crippen LogP contribution is 2.29. The molecular weight excluding hydrogens is 215 g/mol. The molecule has 0 bridgehead atoms. The fourth-order valence-electron chi connectivity index (χ4n) is 0.953. The van der Waals surface area contributed by atoms with E-state index < -0.39 is 24.5 Å². The van der Waals surface area contributed by atoms with Gasteiger partial charge in [-0.05, 0) is 6.92 Å². The third-order valence-electron chi connectivity index (χ3n) is 1.60. The second kappa shape index (κ2) is 3.93. The van der Waals surface area contributed by atoms with Crippen LogP contribution in [-0.4, -0.2) is 21.6 Å². The molecule has 0 aliphatic rings. The Morgan fingerprint density at radius 3 is 2.53 bits per heavy atom. The summed E-state index contributed by atoms with van der Waals surface area (Å²) in [6.07, 6.45) is -4.88. The van der Waals surface area contributed by atoms with Gasteiger partial charge < -0.3 is 14.9 Å². The van der Waals surface area contributed by atoms with Crippen molar-refractivity contribution in [3.63, 3.8) is 0 Å². The number of nitrogens with zero attached hydrogens (tertiary/aromatic N) is 1. The van der Waals surface area contributed by atoms with Gasteiger partial charge in [-0.15, -0.1) is 13.2 Å². The summed E-state index contributed by atoms with van der Waals surface area (Å²) in [6, 6.07) is 0.765. The third kappa shape index (κ3) is 2.98. The first-order valence-electron chi connectivity index (χ1n) is 3.89. The minimum atomic E-state index is -4.88. The molecule has 1 rings (SSSR count). The van der Waals surface area contributed by atoms with Crippen molar-refractivity contribution in [2.75, 3.05) is 0 Å². The van der Waals surface area contributed by atoms with Gasteiger partial charge in [-0.2, -0.15) is 0 Å². The van der Waals surface area contributed by atoms with Crippen LogP contribution in [0.4, 0.5) is 13.2 Å². The zero-order valence-corrected chi connectivity index (χ0v) is 7.67. The van der Waals surface area contributed by atoms with Gasteiger partial charge in [0.05, 0.1) is 12.3 Å². The van der Waals surface area contributed by atoms with Crippen molar-refractivity contribution in [2.45, 2.75) is 19.9 Å². The predicted molar refractivity (Wildman–Crippen MR) is 43.2 cm³/mol. The quantitative estimate of drug-likeness (QED) is 0.797. The molecule has 1 aromatic rings. The molecule has 0 fully saturated rings. The minimum absolute atomic E-state index is 0.119. The average molecular weight is 223 g/mol. The highest BCUT2D eigenvalue weighted by Gasteiger charge is 2.32. The molecule has 0 unspecified atom stereocenters. The van der Waals surface area contributed by atoms with Crippen molar-refractivity contribution in [3.8, 4) is 11.5 Å². The van der Waals surface area contributed by atoms with Gasteiger partial charge in [0.15, 0.2) is 5.75 Å². The molecule has 0 radical (unpaired) electrons. The molecule has 0 saturated heterocycles. The first-order chi connectivity index (χ1) is 6.83. The van der Waals surface area contributed by atoms with E-state index in [1.54, 1.807) is 0 Å². The van der Waals surface area contributed by atoms with Crippen LogP contribution in [0.25, 0.3) is 0 Å². The Labute approximate surface area is 82.9 Å². The van der Waals surface area contributed by atoms with Crippen molar-refractivity contribution in [2.24, 2.45) is 0 Å². The molecule has 0 spiro atoms. The van der Waals surface area contributed by atoms with Crippen molar-refractivity contribution in [1.82, 2.24) is 4.98 Å². The van der Waals surface area contributed by atoms with E-state index in [9.17, 15) is 13.2 Å². The SMILES string of the molecule is Cc1nc(CO)c(OC(F)(F)F)cc1O. The van der Waals surface area contributed by atoms with Crippen LogP contribution < -0.4 is 4.74 Å². The summed E-state index contributed by atoms with van der Waals surface area (Å²) in [5, 5.41) is 17.9. The molecule has 1 heterocycles. The van der Waals surface area contributed by atoms with Crippen LogP contribution in [0.2, 0.25) is 0 Å². The van der Waals surface area contributed by atoms with E-state index >= 15 is 0 Å². The van der Waals surface area contributed by atoms with E-state index in [2.05, 4.69) is 9.72 Å². The molecule has 0 aliphatic carbocycles. The average Bonchev–Trinajstić information content (AvgIpc) is 2.08. The number of alkyl halides is 3. The molecule has 15 heavy (non-hydrogen) atoms. The number of ether oxygens (including phenoxy) is 1. The molecule has 84 valence electrons. The summed E-state index contributed by atoms with van der Waals surface area (Å²) in [4.78, 5) is 3.55. The van der Waals surface area contributed by atoms with Crippen LogP contribution in [0, 0.1) is 6.92 Å². The number of aromatic hydroxyl groups is 1. The van der Waals surface area contributed by atoms with E-state index in [1.807, 2.05) is 0 Å². The zero-order valence-electron chi connectivity index (χ0n) is 7.67. The fourth-order valence-corrected chi connectivity index (χ4v) is 0.953. The molecule has 0 aliphatic heterocycles. The van der Waals surface area contributed by atoms with E-state index in [1.165, 1.54) is 6.92 Å². The van der Waals surface area contributed by atoms with Gasteiger partial charge in [-0.25, -0.2) is 4.98 Å². The molecule has 0 amide bonds. The maximum absolute atomic E-state index is 11.9. The van der Waals surface area contributed by atoms with Crippen LogP contribution in [0.1, 0.15) is 11.4 Å². The molecule has 0 atom stereocenters. The molecule has 1 aromatic heterocycles. The van der Waals surface area contributed by atoms with Crippen molar-refractivity contribution in [3.05, 3.63) is 17.5 Å². The summed E-state index contributed by atoms with van der Waals surface area (Å²) in [5.74, 6) is -1.13. The largest absolute Gasteiger partial charge is 0.573 e. The molecule has 0 aromatic carbocycles. The lowest BCUT2D eigenvalue weighted by Crippen LogP contribution is -2.18. The molecule has 4 nitrogen and oxygen atoms in total. The Balaban J connectivity index is 3.11. The van der Waals surface area contributed by atoms with Crippen molar-refractivity contribution in [1.29, 1.82) is 0 Å². The highest BCUT2D eigenvalue weighted by atomic mass is 19.4. The van der Waals surface area contributed by atoms with Gasteiger partial charge in [0.1, 0.15) is 11.4 Å². The zero-order chi connectivity index (χ0) is 11.6. The van der Waals surface area contributed by atoms with Crippen molar-refractivity contribution >= 4 is 0 Å². The standard InChI is InChI=1S/C8H8F3NO3/c1-4-6(14)2-7(5(3-13)12-4)15-8(9,10)11/h2,13-14H,3H2,1H3. The maximum Gasteiger partial charge on any atom is 0.573 e. The summed E-state index contributed by atoms with van der Waals surface area (Å²) in [5.41, 5.74) is -0.156. The van der Waals surface area contributed by atoms with Gasteiger partial charge in [-0.1, -0.05) is 0 Å². The van der Waals surface area contributed by atoms with Crippen LogP contribution in [0.15, 0.2) is 6.07 Å². The monoisotopic (exact) mass is 223 g/mol.